The highest BCUT2D eigenvalue weighted by atomic mass is 32.2. The van der Waals surface area contributed by atoms with Gasteiger partial charge in [-0.2, -0.15) is 0 Å². The van der Waals surface area contributed by atoms with E-state index >= 15 is 33.6 Å². The third-order valence-electron chi connectivity index (χ3n) is 24.4. The number of ether oxygens (including phenoxy) is 1. The number of aromatic nitrogens is 1. The van der Waals surface area contributed by atoms with Gasteiger partial charge in [-0.15, -0.1) is 11.8 Å². The third kappa shape index (κ3) is 36.0. The van der Waals surface area contributed by atoms with Crippen LogP contribution in [-0.2, 0) is 106 Å². The molecule has 1 aliphatic heterocycles. The van der Waals surface area contributed by atoms with Gasteiger partial charge in [-0.1, -0.05) is 192 Å². The number of hydrogen-bond donors (Lipinski definition) is 21. The second-order valence-electron chi connectivity index (χ2n) is 37.1. The van der Waals surface area contributed by atoms with Crippen molar-refractivity contribution in [1.82, 2.24) is 84.3 Å². The molecule has 7 rings (SSSR count). The lowest BCUT2D eigenvalue weighted by Crippen LogP contribution is -2.62. The Morgan fingerprint density at radius 1 is 0.479 bits per heavy atom. The molecule has 5 aromatic rings. The molecule has 1 saturated carbocycles. The Balaban J connectivity index is 1.34. The summed E-state index contributed by atoms with van der Waals surface area (Å²) in [5.41, 5.74) is 21.2. The van der Waals surface area contributed by atoms with Gasteiger partial charge in [0.15, 0.2) is 6.61 Å². The molecule has 1 aliphatic carbocycles. The summed E-state index contributed by atoms with van der Waals surface area (Å²) >= 11 is 0.750. The number of aromatic amines is 1. The van der Waals surface area contributed by atoms with Crippen LogP contribution in [0.4, 0.5) is 0 Å². The van der Waals surface area contributed by atoms with Gasteiger partial charge >= 0.3 is 11.9 Å². The number of rotatable bonds is 31. The number of carbonyl (C=O) groups excluding carboxylic acids is 16. The number of nitrogens with two attached hydrogens (primary N) is 3. The van der Waals surface area contributed by atoms with Crippen molar-refractivity contribution >= 4 is 129 Å². The van der Waals surface area contributed by atoms with Crippen molar-refractivity contribution in [3.63, 3.8) is 0 Å². The minimum absolute atomic E-state index is 0.0245. The van der Waals surface area contributed by atoms with Crippen molar-refractivity contribution in [3.8, 4) is 16.9 Å². The van der Waals surface area contributed by atoms with E-state index in [0.29, 0.717) is 41.3 Å². The second kappa shape index (κ2) is 56.8. The van der Waals surface area contributed by atoms with Crippen molar-refractivity contribution in [2.75, 3.05) is 44.9 Å². The molecule has 1 saturated heterocycles. The highest BCUT2D eigenvalue weighted by Crippen LogP contribution is 2.29. The molecule has 140 heavy (non-hydrogen) atoms. The molecule has 0 spiro atoms. The Morgan fingerprint density at radius 3 is 1.47 bits per heavy atom. The molecule has 41 nitrogen and oxygen atoms in total. The molecule has 2 aliphatic rings. The van der Waals surface area contributed by atoms with Crippen molar-refractivity contribution in [3.05, 3.63) is 126 Å². The van der Waals surface area contributed by atoms with Crippen LogP contribution in [0.3, 0.4) is 0 Å². The Bertz CT molecular complexity index is 5060. The SMILES string of the molecule is CCCC[C@H]1C(=O)N[C@@H](Cc2ccc(OCC(=O)O)cc2)C(=O)N[C@@H](CC(=O)O)C(=O)N[C@@H](Cc2c[nH]c3ccccc23)C(=O)N[C@@H](C(C)C)C(=O)N[C@@H](Cc2ccc(-c3ccccc3)cc2)C(=O)N[C@@H](C(C)C)C(=O)N[C@@H](CCCN)C(=O)N[C@H](CC(C)C)C(=O)N[C@@H](CCN)C(=O)N[C@@H](CC2CCCCC2)C(=O)N[C@@H](C(C)C)C(=O)N[C@@H](CO)C(=O)N[C@H](C(=O)N[C@@H](C)C(N)=O)CSCC(=O)N1C. The zero-order valence-corrected chi connectivity index (χ0v) is 82.2. The summed E-state index contributed by atoms with van der Waals surface area (Å²) in [6.45, 7) is 14.1. The number of thioether (sulfide) groups is 1. The number of aliphatic hydroxyl groups excluding tert-OH is 1. The zero-order chi connectivity index (χ0) is 103. The van der Waals surface area contributed by atoms with Crippen molar-refractivity contribution < 1.29 is 106 Å². The highest BCUT2D eigenvalue weighted by Gasteiger charge is 2.42. The average Bonchev–Trinajstić information content (AvgIpc) is 1.77. The summed E-state index contributed by atoms with van der Waals surface area (Å²) in [6, 6.07) is 5.31. The molecule has 0 radical (unpaired) electrons. The number of unbranched alkanes of at least 4 members (excludes halogenated alkanes) is 1. The van der Waals surface area contributed by atoms with E-state index in [-0.39, 0.29) is 94.0 Å². The molecule has 15 atom stereocenters. The molecule has 4 aromatic carbocycles. The summed E-state index contributed by atoms with van der Waals surface area (Å²) in [4.78, 5) is 265. The fourth-order valence-electron chi connectivity index (χ4n) is 16.3. The van der Waals surface area contributed by atoms with Crippen LogP contribution in [0.15, 0.2) is 109 Å². The number of carbonyl (C=O) groups is 18. The molecular weight excluding hydrogens is 1830 g/mol. The number of primary amides is 1. The number of aliphatic carboxylic acids is 2. The molecule has 766 valence electrons. The maximum atomic E-state index is 15.5. The van der Waals surface area contributed by atoms with E-state index in [4.69, 9.17) is 21.9 Å². The first-order valence-electron chi connectivity index (χ1n) is 47.8. The van der Waals surface area contributed by atoms with Crippen LogP contribution >= 0.6 is 11.8 Å². The summed E-state index contributed by atoms with van der Waals surface area (Å²) < 4.78 is 5.34. The Labute approximate surface area is 819 Å². The van der Waals surface area contributed by atoms with E-state index in [1.54, 1.807) is 105 Å². The molecule has 16 amide bonds. The normalized spacial score (nSPS) is 23.8. The fourth-order valence-corrected chi connectivity index (χ4v) is 17.3. The van der Waals surface area contributed by atoms with E-state index in [0.717, 1.165) is 47.1 Å². The van der Waals surface area contributed by atoms with Crippen LogP contribution in [0.25, 0.3) is 22.0 Å². The number of para-hydroxylation sites is 1. The molecule has 42 heteroatoms. The number of H-pyrrole nitrogens is 1. The van der Waals surface area contributed by atoms with Crippen LogP contribution in [-0.4, -0.2) is 267 Å². The van der Waals surface area contributed by atoms with E-state index in [1.807, 2.05) is 42.5 Å². The largest absolute Gasteiger partial charge is 0.482 e. The topological polar surface area (TPSA) is 643 Å². The number of carboxylic acid groups (broad SMARTS) is 2. The van der Waals surface area contributed by atoms with Gasteiger partial charge in [0.2, 0.25) is 94.5 Å². The number of nitrogens with one attached hydrogen (secondary N) is 15. The van der Waals surface area contributed by atoms with Gasteiger partial charge in [-0.3, -0.25) is 81.5 Å². The standard InChI is InChI=1S/C98H141N19O22S/c1-12-13-30-77-95(135)110-70(45-60-33-37-64(38-34-60)139-50-80(122)123)88(128)109-74(47-79(120)121)89(129)108-73(46-63-48-102-66-28-21-20-27-65(63)66)92(132)116-82(55(6)7)97(137)111-72(44-59-31-35-62(36-32-59)61-25-18-15-19-26-61)91(131)114-81(54(4)5)96(136)105-67(29-22-40-99)85(125)106-69(42-53(2)3)87(127)104-68(39-41-100)86(126)107-71(43-58-23-16-14-17-24-58)90(130)115-83(56(8)9)98(138)112-75(49-118)93(133)113-76(51-140-52-78(119)117(77)11)94(134)103-57(10)84(101)124/h15,18-21,25-28,31-38,48,53-58,67-77,81-83,102,118H,12-14,16-17,22-24,29-30,39-47,49-52,99-100H2,1-11H3,(H2,101,124)(H,103,134)(H,104,127)(H,105,136)(H,106,125)(H,107,126)(H,108,129)(H,109,128)(H,110,135)(H,111,137)(H,112,138)(H,113,133)(H,114,131)(H,115,130)(H,116,132)(H,120,121)(H,122,123)/t57-,67-,68-,69+,70-,71-,72-,73-,74-,75-,76-,77-,81-,82-,83-/m0/s1. The van der Waals surface area contributed by atoms with Crippen LogP contribution in [0.5, 0.6) is 5.75 Å². The zero-order valence-electron chi connectivity index (χ0n) is 81.4. The number of hydrogen-bond acceptors (Lipinski definition) is 23. The van der Waals surface area contributed by atoms with Gasteiger partial charge in [0.25, 0.3) is 0 Å². The second-order valence-corrected chi connectivity index (χ2v) is 38.2. The van der Waals surface area contributed by atoms with E-state index in [2.05, 4.69) is 79.4 Å². The quantitative estimate of drug-likeness (QED) is 0.0293. The number of nitrogens with zero attached hydrogens (tertiary/aromatic N) is 1. The van der Waals surface area contributed by atoms with E-state index < -0.39 is 252 Å². The lowest BCUT2D eigenvalue weighted by atomic mass is 9.84. The average molecular weight is 1970 g/mol. The molecule has 2 fully saturated rings. The van der Waals surface area contributed by atoms with Gasteiger partial charge < -0.3 is 122 Å². The number of amides is 16. The van der Waals surface area contributed by atoms with Crippen LogP contribution in [0, 0.1) is 29.6 Å². The van der Waals surface area contributed by atoms with Gasteiger partial charge in [-0.05, 0) is 134 Å². The fraction of sp³-hybridized carbons (Fsp3) is 0.551. The summed E-state index contributed by atoms with van der Waals surface area (Å²) in [7, 11) is 1.28. The first-order valence-corrected chi connectivity index (χ1v) is 48.9. The summed E-state index contributed by atoms with van der Waals surface area (Å²) in [5, 5.41) is 68.5. The van der Waals surface area contributed by atoms with Crippen LogP contribution in [0.1, 0.15) is 176 Å². The maximum absolute atomic E-state index is 15.5. The Hall–Kier alpha value is -13.1. The third-order valence-corrected chi connectivity index (χ3v) is 25.4. The van der Waals surface area contributed by atoms with Crippen molar-refractivity contribution in [1.29, 1.82) is 0 Å². The van der Waals surface area contributed by atoms with Crippen molar-refractivity contribution in [2.24, 2.45) is 46.8 Å². The minimum Gasteiger partial charge on any atom is -0.482 e. The number of aliphatic hydroxyl groups is 1. The van der Waals surface area contributed by atoms with E-state index in [9.17, 15) is 68.1 Å². The Morgan fingerprint density at radius 2 is 0.936 bits per heavy atom. The molecular formula is C98H141N19O22S. The molecule has 2 heterocycles. The first-order chi connectivity index (χ1) is 66.5. The smallest absolute Gasteiger partial charge is 0.341 e. The van der Waals surface area contributed by atoms with E-state index in [1.165, 1.54) is 38.2 Å². The number of carboxylic acids is 2. The van der Waals surface area contributed by atoms with Gasteiger partial charge in [0.1, 0.15) is 96.4 Å². The Kier molecular flexibility index (Phi) is 46.2. The molecule has 1 aromatic heterocycles. The number of fused-ring (bicyclic) bond motifs is 1. The molecule has 24 N–H and O–H groups in total. The van der Waals surface area contributed by atoms with Gasteiger partial charge in [0, 0.05) is 49.2 Å². The monoisotopic (exact) mass is 1970 g/mol. The number of likely N-dealkylation sites (N-methyl/N-ethyl adjacent to an activating group) is 1. The lowest BCUT2D eigenvalue weighted by Gasteiger charge is -2.31. The van der Waals surface area contributed by atoms with Crippen LogP contribution < -0.4 is 96.4 Å². The van der Waals surface area contributed by atoms with Gasteiger partial charge in [0.05, 0.1) is 18.8 Å². The highest BCUT2D eigenvalue weighted by molar-refractivity contribution is 8.00. The summed E-state index contributed by atoms with van der Waals surface area (Å²) in [6.07, 6.45) is 3.74. The maximum Gasteiger partial charge on any atom is 0.341 e. The molecule has 0 unspecified atom stereocenters. The van der Waals surface area contributed by atoms with Gasteiger partial charge in [-0.25, -0.2) is 4.79 Å². The van der Waals surface area contributed by atoms with Crippen LogP contribution in [0.2, 0.25) is 0 Å². The predicted molar refractivity (Wildman–Crippen MR) is 523 cm³/mol. The first kappa shape index (κ1) is 114. The minimum atomic E-state index is -2.08. The predicted octanol–water partition coefficient (Wildman–Crippen LogP) is 0.922. The molecule has 0 bridgehead atoms. The lowest BCUT2D eigenvalue weighted by molar-refractivity contribution is -0.142. The summed E-state index contributed by atoms with van der Waals surface area (Å²) in [5.74, 6) is -22.3. The number of benzene rings is 4. The van der Waals surface area contributed by atoms with Crippen molar-refractivity contribution in [2.45, 2.75) is 269 Å².